The maximum absolute atomic E-state index is 8.98. The lowest BCUT2D eigenvalue weighted by Crippen LogP contribution is -2.45. The van der Waals surface area contributed by atoms with E-state index in [1.54, 1.807) is 0 Å². The maximum atomic E-state index is 8.98. The van der Waals surface area contributed by atoms with Crippen molar-refractivity contribution in [1.29, 1.82) is 5.26 Å². The molecule has 0 amide bonds. The summed E-state index contributed by atoms with van der Waals surface area (Å²) in [6, 6.07) is 14.3. The van der Waals surface area contributed by atoms with Crippen LogP contribution < -0.4 is 0 Å². The lowest BCUT2D eigenvalue weighted by Gasteiger charge is -2.34. The highest BCUT2D eigenvalue weighted by molar-refractivity contribution is 5.15. The number of nitrogens with zero attached hydrogens (tertiary/aromatic N) is 3. The summed E-state index contributed by atoms with van der Waals surface area (Å²) in [4.78, 5) is 5.03. The Kier molecular flexibility index (Phi) is 4.34. The predicted octanol–water partition coefficient (Wildman–Crippen LogP) is 2.64. The van der Waals surface area contributed by atoms with Crippen molar-refractivity contribution in [2.24, 2.45) is 0 Å². The summed E-state index contributed by atoms with van der Waals surface area (Å²) in [5.41, 5.74) is 1.41. The van der Waals surface area contributed by atoms with Crippen LogP contribution in [0.5, 0.6) is 0 Å². The number of benzene rings is 1. The summed E-state index contributed by atoms with van der Waals surface area (Å²) in [7, 11) is 0. The molecule has 0 saturated carbocycles. The second kappa shape index (κ2) is 6.39. The lowest BCUT2D eigenvalue weighted by molar-refractivity contribution is 0.138. The maximum Gasteiger partial charge on any atom is 0.0868 e. The predicted molar refractivity (Wildman–Crippen MR) is 80.1 cm³/mol. The minimum atomic E-state index is 0.598. The van der Waals surface area contributed by atoms with Gasteiger partial charge in [0.15, 0.2) is 0 Å². The third-order valence-corrected chi connectivity index (χ3v) is 4.77. The first-order chi connectivity index (χ1) is 9.88. The van der Waals surface area contributed by atoms with Crippen LogP contribution in [-0.2, 0) is 6.54 Å². The average molecular weight is 269 g/mol. The largest absolute Gasteiger partial charge is 0.295 e. The van der Waals surface area contributed by atoms with Crippen LogP contribution in [0.4, 0.5) is 0 Å². The molecule has 0 radical (unpaired) electrons. The molecule has 2 atom stereocenters. The van der Waals surface area contributed by atoms with Crippen molar-refractivity contribution < 1.29 is 0 Å². The van der Waals surface area contributed by atoms with Crippen molar-refractivity contribution in [3.63, 3.8) is 0 Å². The molecule has 3 heteroatoms. The van der Waals surface area contributed by atoms with E-state index in [-0.39, 0.29) is 0 Å². The Bertz CT molecular complexity index is 465. The van der Waals surface area contributed by atoms with E-state index in [0.717, 1.165) is 13.1 Å². The number of hydrogen-bond acceptors (Lipinski definition) is 3. The second-order valence-electron chi connectivity index (χ2n) is 6.00. The third kappa shape index (κ3) is 2.87. The van der Waals surface area contributed by atoms with E-state index < -0.39 is 0 Å². The van der Waals surface area contributed by atoms with E-state index in [1.165, 1.54) is 37.8 Å². The van der Waals surface area contributed by atoms with Crippen molar-refractivity contribution in [3.05, 3.63) is 35.9 Å². The molecule has 0 N–H and O–H groups in total. The van der Waals surface area contributed by atoms with E-state index in [9.17, 15) is 0 Å². The van der Waals surface area contributed by atoms with E-state index >= 15 is 0 Å². The summed E-state index contributed by atoms with van der Waals surface area (Å²) < 4.78 is 0. The lowest BCUT2D eigenvalue weighted by atomic mass is 10.0. The number of rotatable bonds is 4. The minimum Gasteiger partial charge on any atom is -0.295 e. The Morgan fingerprint density at radius 2 is 1.65 bits per heavy atom. The van der Waals surface area contributed by atoms with Gasteiger partial charge in [-0.05, 0) is 44.3 Å². The summed E-state index contributed by atoms with van der Waals surface area (Å²) >= 11 is 0. The van der Waals surface area contributed by atoms with Crippen LogP contribution in [0.1, 0.15) is 31.2 Å². The molecule has 20 heavy (non-hydrogen) atoms. The molecule has 106 valence electrons. The quantitative estimate of drug-likeness (QED) is 0.787. The highest BCUT2D eigenvalue weighted by Gasteiger charge is 2.37. The molecule has 0 bridgehead atoms. The fraction of sp³-hybridized carbons (Fsp3) is 0.588. The smallest absolute Gasteiger partial charge is 0.0868 e. The third-order valence-electron chi connectivity index (χ3n) is 4.77. The fourth-order valence-corrected chi connectivity index (χ4v) is 3.88. The number of likely N-dealkylation sites (tertiary alicyclic amines) is 2. The van der Waals surface area contributed by atoms with Crippen LogP contribution in [0, 0.1) is 11.3 Å². The van der Waals surface area contributed by atoms with Gasteiger partial charge in [0.1, 0.15) is 0 Å². The van der Waals surface area contributed by atoms with Crippen LogP contribution in [0.3, 0.4) is 0 Å². The standard InChI is InChI=1S/C17H23N3/c18-10-13-19-11-4-8-16(19)17-9-5-12-20(17)14-15-6-2-1-3-7-15/h1-3,6-7,16-17H,4-5,8-9,11-14H2. The van der Waals surface area contributed by atoms with Gasteiger partial charge in [0, 0.05) is 18.6 Å². The SMILES string of the molecule is N#CCN1CCCC1C1CCCN1Cc1ccccc1. The molecule has 2 fully saturated rings. The van der Waals surface area contributed by atoms with E-state index in [2.05, 4.69) is 46.2 Å². The monoisotopic (exact) mass is 269 g/mol. The summed E-state index contributed by atoms with van der Waals surface area (Å²) in [6.07, 6.45) is 5.10. The van der Waals surface area contributed by atoms with Crippen LogP contribution in [0.25, 0.3) is 0 Å². The Labute approximate surface area is 121 Å². The molecule has 3 nitrogen and oxygen atoms in total. The molecule has 1 aromatic carbocycles. The van der Waals surface area contributed by atoms with Gasteiger partial charge in [-0.15, -0.1) is 0 Å². The molecule has 1 aromatic rings. The first-order valence-electron chi connectivity index (χ1n) is 7.77. The van der Waals surface area contributed by atoms with Crippen LogP contribution >= 0.6 is 0 Å². The zero-order chi connectivity index (χ0) is 13.8. The molecule has 2 aliphatic heterocycles. The molecule has 0 spiro atoms. The highest BCUT2D eigenvalue weighted by Crippen LogP contribution is 2.30. The van der Waals surface area contributed by atoms with Crippen molar-refractivity contribution in [3.8, 4) is 6.07 Å². The molecule has 3 rings (SSSR count). The Morgan fingerprint density at radius 1 is 1.00 bits per heavy atom. The summed E-state index contributed by atoms with van der Waals surface area (Å²) in [5, 5.41) is 8.98. The number of hydrogen-bond donors (Lipinski definition) is 0. The van der Waals surface area contributed by atoms with Crippen LogP contribution in [-0.4, -0.2) is 41.5 Å². The van der Waals surface area contributed by atoms with Gasteiger partial charge in [0.05, 0.1) is 12.6 Å². The highest BCUT2D eigenvalue weighted by atomic mass is 15.3. The average Bonchev–Trinajstić information content (AvgIpc) is 3.09. The Morgan fingerprint density at radius 3 is 2.35 bits per heavy atom. The van der Waals surface area contributed by atoms with Gasteiger partial charge in [-0.3, -0.25) is 9.80 Å². The molecule has 2 aliphatic rings. The second-order valence-corrected chi connectivity index (χ2v) is 6.00. The Balaban J connectivity index is 1.68. The van der Waals surface area contributed by atoms with Gasteiger partial charge < -0.3 is 0 Å². The molecule has 2 saturated heterocycles. The zero-order valence-corrected chi connectivity index (χ0v) is 12.0. The van der Waals surface area contributed by atoms with Crippen molar-refractivity contribution >= 4 is 0 Å². The number of nitriles is 1. The van der Waals surface area contributed by atoms with E-state index in [0.29, 0.717) is 18.6 Å². The Hall–Kier alpha value is -1.37. The van der Waals surface area contributed by atoms with Crippen molar-refractivity contribution in [1.82, 2.24) is 9.80 Å². The topological polar surface area (TPSA) is 30.3 Å². The summed E-state index contributed by atoms with van der Waals surface area (Å²) in [5.74, 6) is 0. The van der Waals surface area contributed by atoms with Crippen molar-refractivity contribution in [2.45, 2.75) is 44.3 Å². The zero-order valence-electron chi connectivity index (χ0n) is 12.0. The normalized spacial score (nSPS) is 27.8. The first-order valence-corrected chi connectivity index (χ1v) is 7.77. The molecule has 2 unspecified atom stereocenters. The fourth-order valence-electron chi connectivity index (χ4n) is 3.88. The minimum absolute atomic E-state index is 0.598. The van der Waals surface area contributed by atoms with Gasteiger partial charge in [-0.2, -0.15) is 5.26 Å². The van der Waals surface area contributed by atoms with Crippen LogP contribution in [0.2, 0.25) is 0 Å². The van der Waals surface area contributed by atoms with Gasteiger partial charge in [-0.1, -0.05) is 30.3 Å². The van der Waals surface area contributed by atoms with Gasteiger partial charge in [-0.25, -0.2) is 0 Å². The van der Waals surface area contributed by atoms with Crippen LogP contribution in [0.15, 0.2) is 30.3 Å². The molecular formula is C17H23N3. The van der Waals surface area contributed by atoms with E-state index in [4.69, 9.17) is 5.26 Å². The van der Waals surface area contributed by atoms with E-state index in [1.807, 2.05) is 0 Å². The van der Waals surface area contributed by atoms with Crippen molar-refractivity contribution in [2.75, 3.05) is 19.6 Å². The van der Waals surface area contributed by atoms with Gasteiger partial charge in [0.25, 0.3) is 0 Å². The molecule has 2 heterocycles. The molecule has 0 aromatic heterocycles. The molecule has 0 aliphatic carbocycles. The summed E-state index contributed by atoms with van der Waals surface area (Å²) in [6.45, 7) is 3.97. The molecular weight excluding hydrogens is 246 g/mol. The van der Waals surface area contributed by atoms with Gasteiger partial charge in [0.2, 0.25) is 0 Å². The first kappa shape index (κ1) is 13.6. The van der Waals surface area contributed by atoms with Gasteiger partial charge >= 0.3 is 0 Å².